The number of nitrogens with zero attached hydrogens (tertiary/aromatic N) is 3. The van der Waals surface area contributed by atoms with E-state index in [1.165, 1.54) is 12.4 Å². The van der Waals surface area contributed by atoms with E-state index < -0.39 is 11.6 Å². The Labute approximate surface area is 120 Å². The molecule has 0 spiro atoms. The standard InChI is InChI=1S/C15H12F2N4/c16-12-6-5-11(7-13(12)17)8-19-14-3-1-2-4-15(14)21-10-18-9-20-21/h1-7,9-10,19H,8H2. The first-order chi connectivity index (χ1) is 10.2. The molecule has 0 bridgehead atoms. The summed E-state index contributed by atoms with van der Waals surface area (Å²) in [5.41, 5.74) is 2.31. The fourth-order valence-electron chi connectivity index (χ4n) is 2.00. The van der Waals surface area contributed by atoms with E-state index >= 15 is 0 Å². The van der Waals surface area contributed by atoms with Crippen molar-refractivity contribution in [3.8, 4) is 5.69 Å². The van der Waals surface area contributed by atoms with E-state index in [9.17, 15) is 8.78 Å². The first-order valence-corrected chi connectivity index (χ1v) is 6.36. The largest absolute Gasteiger partial charge is 0.379 e. The molecule has 3 aromatic rings. The van der Waals surface area contributed by atoms with E-state index in [4.69, 9.17) is 0 Å². The Morgan fingerprint density at radius 3 is 2.67 bits per heavy atom. The molecule has 0 saturated heterocycles. The molecule has 1 heterocycles. The Morgan fingerprint density at radius 2 is 1.90 bits per heavy atom. The van der Waals surface area contributed by atoms with Gasteiger partial charge < -0.3 is 5.32 Å². The highest BCUT2D eigenvalue weighted by Gasteiger charge is 2.06. The van der Waals surface area contributed by atoms with Crippen molar-refractivity contribution in [1.82, 2.24) is 14.8 Å². The van der Waals surface area contributed by atoms with Crippen LogP contribution in [0.25, 0.3) is 5.69 Å². The van der Waals surface area contributed by atoms with Gasteiger partial charge in [0.1, 0.15) is 12.7 Å². The van der Waals surface area contributed by atoms with Gasteiger partial charge in [0.05, 0.1) is 11.4 Å². The second-order valence-electron chi connectivity index (χ2n) is 4.46. The summed E-state index contributed by atoms with van der Waals surface area (Å²) in [6, 6.07) is 11.4. The van der Waals surface area contributed by atoms with Gasteiger partial charge in [-0.15, -0.1) is 0 Å². The van der Waals surface area contributed by atoms with Crippen LogP contribution in [0.2, 0.25) is 0 Å². The van der Waals surface area contributed by atoms with Gasteiger partial charge >= 0.3 is 0 Å². The molecule has 0 fully saturated rings. The molecule has 21 heavy (non-hydrogen) atoms. The van der Waals surface area contributed by atoms with Gasteiger partial charge in [0.2, 0.25) is 0 Å². The van der Waals surface area contributed by atoms with Gasteiger partial charge in [-0.05, 0) is 29.8 Å². The first kappa shape index (κ1) is 13.2. The van der Waals surface area contributed by atoms with Crippen LogP contribution >= 0.6 is 0 Å². The van der Waals surface area contributed by atoms with Crippen molar-refractivity contribution in [2.75, 3.05) is 5.32 Å². The summed E-state index contributed by atoms with van der Waals surface area (Å²) in [6.07, 6.45) is 3.05. The average molecular weight is 286 g/mol. The zero-order valence-electron chi connectivity index (χ0n) is 11.0. The molecule has 2 aromatic carbocycles. The van der Waals surface area contributed by atoms with Crippen LogP contribution in [-0.2, 0) is 6.54 Å². The second kappa shape index (κ2) is 5.70. The second-order valence-corrected chi connectivity index (χ2v) is 4.46. The third kappa shape index (κ3) is 2.89. The lowest BCUT2D eigenvalue weighted by atomic mass is 10.2. The summed E-state index contributed by atoms with van der Waals surface area (Å²) < 4.78 is 27.7. The zero-order valence-corrected chi connectivity index (χ0v) is 11.0. The fraction of sp³-hybridized carbons (Fsp3) is 0.0667. The molecule has 1 aromatic heterocycles. The summed E-state index contributed by atoms with van der Waals surface area (Å²) in [5, 5.41) is 7.27. The molecule has 0 amide bonds. The Hall–Kier alpha value is -2.76. The van der Waals surface area contributed by atoms with Crippen molar-refractivity contribution in [3.63, 3.8) is 0 Å². The zero-order chi connectivity index (χ0) is 14.7. The molecule has 0 aliphatic rings. The molecule has 0 unspecified atom stereocenters. The predicted octanol–water partition coefficient (Wildman–Crippen LogP) is 3.16. The molecule has 106 valence electrons. The molecule has 0 aliphatic carbocycles. The van der Waals surface area contributed by atoms with E-state index in [0.717, 1.165) is 17.4 Å². The van der Waals surface area contributed by atoms with Crippen LogP contribution < -0.4 is 5.32 Å². The molecule has 4 nitrogen and oxygen atoms in total. The third-order valence-corrected chi connectivity index (χ3v) is 3.04. The van der Waals surface area contributed by atoms with Gasteiger partial charge in [0.15, 0.2) is 11.6 Å². The molecule has 0 atom stereocenters. The SMILES string of the molecule is Fc1ccc(CNc2ccccc2-n2cncn2)cc1F. The normalized spacial score (nSPS) is 10.6. The Morgan fingerprint density at radius 1 is 1.05 bits per heavy atom. The molecular weight excluding hydrogens is 274 g/mol. The number of hydrogen-bond acceptors (Lipinski definition) is 3. The topological polar surface area (TPSA) is 42.7 Å². The van der Waals surface area contributed by atoms with Crippen molar-refractivity contribution in [2.24, 2.45) is 0 Å². The highest BCUT2D eigenvalue weighted by atomic mass is 19.2. The van der Waals surface area contributed by atoms with E-state index in [0.29, 0.717) is 12.1 Å². The van der Waals surface area contributed by atoms with Crippen molar-refractivity contribution < 1.29 is 8.78 Å². The van der Waals surface area contributed by atoms with E-state index in [2.05, 4.69) is 15.4 Å². The third-order valence-electron chi connectivity index (χ3n) is 3.04. The van der Waals surface area contributed by atoms with Crippen LogP contribution in [-0.4, -0.2) is 14.8 Å². The summed E-state index contributed by atoms with van der Waals surface area (Å²) >= 11 is 0. The lowest BCUT2D eigenvalue weighted by Gasteiger charge is -2.11. The van der Waals surface area contributed by atoms with Crippen LogP contribution in [0.5, 0.6) is 0 Å². The molecule has 6 heteroatoms. The maximum atomic E-state index is 13.2. The van der Waals surface area contributed by atoms with Crippen molar-refractivity contribution in [1.29, 1.82) is 0 Å². The number of nitrogens with one attached hydrogen (secondary N) is 1. The lowest BCUT2D eigenvalue weighted by molar-refractivity contribution is 0.507. The van der Waals surface area contributed by atoms with E-state index in [1.54, 1.807) is 17.1 Å². The predicted molar refractivity (Wildman–Crippen MR) is 75.0 cm³/mol. The summed E-state index contributed by atoms with van der Waals surface area (Å²) in [5.74, 6) is -1.69. The molecule has 1 N–H and O–H groups in total. The maximum absolute atomic E-state index is 13.2. The number of aromatic nitrogens is 3. The Bertz CT molecular complexity index is 741. The molecule has 0 aliphatic heterocycles. The van der Waals surface area contributed by atoms with Crippen LogP contribution in [0, 0.1) is 11.6 Å². The monoisotopic (exact) mass is 286 g/mol. The van der Waals surface area contributed by atoms with Crippen LogP contribution in [0.15, 0.2) is 55.1 Å². The molecule has 0 radical (unpaired) electrons. The molecular formula is C15H12F2N4. The van der Waals surface area contributed by atoms with Crippen LogP contribution in [0.4, 0.5) is 14.5 Å². The van der Waals surface area contributed by atoms with Crippen molar-refractivity contribution in [3.05, 3.63) is 72.3 Å². The van der Waals surface area contributed by atoms with E-state index in [1.807, 2.05) is 24.3 Å². The van der Waals surface area contributed by atoms with Gasteiger partial charge in [0, 0.05) is 6.54 Å². The highest BCUT2D eigenvalue weighted by Crippen LogP contribution is 2.19. The summed E-state index contributed by atoms with van der Waals surface area (Å²) in [4.78, 5) is 3.91. The minimum absolute atomic E-state index is 0.378. The lowest BCUT2D eigenvalue weighted by Crippen LogP contribution is -2.05. The van der Waals surface area contributed by atoms with Crippen LogP contribution in [0.3, 0.4) is 0 Å². The van der Waals surface area contributed by atoms with Gasteiger partial charge in [0.25, 0.3) is 0 Å². The van der Waals surface area contributed by atoms with Gasteiger partial charge in [-0.3, -0.25) is 0 Å². The summed E-state index contributed by atoms with van der Waals surface area (Å²) in [6.45, 7) is 0.378. The maximum Gasteiger partial charge on any atom is 0.159 e. The average Bonchev–Trinajstić information content (AvgIpc) is 3.03. The number of para-hydroxylation sites is 2. The van der Waals surface area contributed by atoms with Gasteiger partial charge in [-0.2, -0.15) is 5.10 Å². The quantitative estimate of drug-likeness (QED) is 0.801. The highest BCUT2D eigenvalue weighted by molar-refractivity contribution is 5.60. The molecule has 0 saturated carbocycles. The smallest absolute Gasteiger partial charge is 0.159 e. The number of anilines is 1. The number of hydrogen-bond donors (Lipinski definition) is 1. The van der Waals surface area contributed by atoms with Crippen molar-refractivity contribution in [2.45, 2.75) is 6.54 Å². The first-order valence-electron chi connectivity index (χ1n) is 6.36. The number of rotatable bonds is 4. The minimum atomic E-state index is -0.848. The summed E-state index contributed by atoms with van der Waals surface area (Å²) in [7, 11) is 0. The van der Waals surface area contributed by atoms with Crippen LogP contribution in [0.1, 0.15) is 5.56 Å². The Balaban J connectivity index is 1.81. The number of halogens is 2. The minimum Gasteiger partial charge on any atom is -0.379 e. The van der Waals surface area contributed by atoms with E-state index in [-0.39, 0.29) is 0 Å². The van der Waals surface area contributed by atoms with Gasteiger partial charge in [-0.25, -0.2) is 18.4 Å². The van der Waals surface area contributed by atoms with Crippen molar-refractivity contribution >= 4 is 5.69 Å². The van der Waals surface area contributed by atoms with Gasteiger partial charge in [-0.1, -0.05) is 18.2 Å². The fourth-order valence-corrected chi connectivity index (χ4v) is 2.00. The molecule has 3 rings (SSSR count). The number of benzene rings is 2. The Kier molecular flexibility index (Phi) is 3.59.